The van der Waals surface area contributed by atoms with E-state index in [9.17, 15) is 17.7 Å². The maximum atomic E-state index is 13.5. The Morgan fingerprint density at radius 2 is 1.80 bits per heavy atom. The third kappa shape index (κ3) is 8.72. The predicted octanol–water partition coefficient (Wildman–Crippen LogP) is 6.56. The van der Waals surface area contributed by atoms with Crippen LogP contribution in [0.1, 0.15) is 46.5 Å². The van der Waals surface area contributed by atoms with Crippen molar-refractivity contribution in [2.24, 2.45) is 0 Å². The van der Waals surface area contributed by atoms with Gasteiger partial charge in [0, 0.05) is 30.5 Å². The summed E-state index contributed by atoms with van der Waals surface area (Å²) >= 11 is 1.90. The van der Waals surface area contributed by atoms with Crippen LogP contribution in [0.2, 0.25) is 25.7 Å². The molecule has 1 aromatic carbocycles. The van der Waals surface area contributed by atoms with Crippen molar-refractivity contribution < 1.29 is 27.2 Å². The Bertz CT molecular complexity index is 991. The van der Waals surface area contributed by atoms with Crippen molar-refractivity contribution in [1.82, 2.24) is 14.3 Å². The predicted molar refractivity (Wildman–Crippen MR) is 141 cm³/mol. The summed E-state index contributed by atoms with van der Waals surface area (Å²) in [5, 5.41) is 0. The first kappa shape index (κ1) is 30.6. The highest BCUT2D eigenvalue weighted by atomic mass is 79.9. The molecule has 2 atom stereocenters. The Morgan fingerprint density at radius 3 is 2.34 bits per heavy atom. The van der Waals surface area contributed by atoms with Gasteiger partial charge in [-0.3, -0.25) is 0 Å². The molecule has 2 rings (SSSR count). The zero-order valence-corrected chi connectivity index (χ0v) is 25.1. The smallest absolute Gasteiger partial charge is 0.416 e. The van der Waals surface area contributed by atoms with Crippen molar-refractivity contribution in [2.75, 3.05) is 13.2 Å². The van der Waals surface area contributed by atoms with Crippen molar-refractivity contribution in [3.63, 3.8) is 0 Å². The SMILES string of the molecule is CC(C)(C)[S+]([O-])N[C@@H](COC(C)(C)C(F)(F)F)c1nc2ccc(Br)cc2n1COCC[Si](C)(C)C. The normalized spacial score (nSPS) is 15.6. The fourth-order valence-electron chi connectivity index (χ4n) is 2.89. The fourth-order valence-corrected chi connectivity index (χ4v) is 4.78. The molecule has 0 aliphatic carbocycles. The average molecular weight is 601 g/mol. The third-order valence-electron chi connectivity index (χ3n) is 5.37. The summed E-state index contributed by atoms with van der Waals surface area (Å²) in [5.41, 5.74) is -0.977. The number of benzene rings is 1. The van der Waals surface area contributed by atoms with E-state index in [1.54, 1.807) is 20.8 Å². The largest absolute Gasteiger partial charge is 0.598 e. The maximum Gasteiger partial charge on any atom is 0.416 e. The number of halogens is 4. The second kappa shape index (κ2) is 11.4. The van der Waals surface area contributed by atoms with Gasteiger partial charge in [-0.15, -0.1) is 4.72 Å². The number of imidazole rings is 1. The minimum atomic E-state index is -4.56. The van der Waals surface area contributed by atoms with Crippen LogP contribution in [0.5, 0.6) is 0 Å². The van der Waals surface area contributed by atoms with Gasteiger partial charge in [0.15, 0.2) is 5.60 Å². The number of rotatable bonds is 11. The molecule has 1 heterocycles. The highest BCUT2D eigenvalue weighted by molar-refractivity contribution is 9.10. The number of alkyl halides is 3. The number of nitrogens with one attached hydrogen (secondary N) is 1. The van der Waals surface area contributed by atoms with Crippen LogP contribution in [0.25, 0.3) is 11.0 Å². The average Bonchev–Trinajstić information content (AvgIpc) is 3.03. The van der Waals surface area contributed by atoms with Gasteiger partial charge in [0.1, 0.15) is 23.3 Å². The molecule has 200 valence electrons. The summed E-state index contributed by atoms with van der Waals surface area (Å²) in [5.74, 6) is 0.404. The summed E-state index contributed by atoms with van der Waals surface area (Å²) in [6.45, 7) is 14.4. The molecule has 6 nitrogen and oxygen atoms in total. The first-order valence-electron chi connectivity index (χ1n) is 11.4. The lowest BCUT2D eigenvalue weighted by Crippen LogP contribution is -2.47. The molecule has 35 heavy (non-hydrogen) atoms. The van der Waals surface area contributed by atoms with Crippen LogP contribution < -0.4 is 4.72 Å². The zero-order valence-electron chi connectivity index (χ0n) is 21.7. The highest BCUT2D eigenvalue weighted by Crippen LogP contribution is 2.34. The number of ether oxygens (including phenoxy) is 2. The van der Waals surface area contributed by atoms with Crippen LogP contribution in [-0.4, -0.2) is 51.9 Å². The lowest BCUT2D eigenvalue weighted by atomic mass is 10.1. The van der Waals surface area contributed by atoms with Gasteiger partial charge in [-0.1, -0.05) is 35.6 Å². The van der Waals surface area contributed by atoms with E-state index in [4.69, 9.17) is 14.5 Å². The molecule has 0 amide bonds. The van der Waals surface area contributed by atoms with Crippen LogP contribution in [0, 0.1) is 0 Å². The second-order valence-electron chi connectivity index (χ2n) is 11.2. The molecular weight excluding hydrogens is 563 g/mol. The van der Waals surface area contributed by atoms with E-state index in [-0.39, 0.29) is 13.3 Å². The number of aromatic nitrogens is 2. The van der Waals surface area contributed by atoms with Gasteiger partial charge in [0.2, 0.25) is 0 Å². The monoisotopic (exact) mass is 599 g/mol. The molecule has 1 aromatic heterocycles. The van der Waals surface area contributed by atoms with Crippen molar-refractivity contribution in [2.45, 2.75) is 89.6 Å². The molecule has 12 heteroatoms. The Morgan fingerprint density at radius 1 is 1.17 bits per heavy atom. The molecule has 1 unspecified atom stereocenters. The third-order valence-corrected chi connectivity index (χ3v) is 9.18. The van der Waals surface area contributed by atoms with Crippen LogP contribution in [0.15, 0.2) is 22.7 Å². The standard InChI is InChI=1S/C23H37BrF3N3O3SSi/c1-21(2,3)34(31)29-18(14-33-22(4,5)23(25,26)27)20-28-17-10-9-16(24)13-19(17)30(20)15-32-11-12-35(6,7)8/h9-10,13,18,29H,11-12,14-15H2,1-8H3/t18-,34?/m0/s1. The molecule has 0 fully saturated rings. The summed E-state index contributed by atoms with van der Waals surface area (Å²) < 4.78 is 69.7. The minimum Gasteiger partial charge on any atom is -0.598 e. The van der Waals surface area contributed by atoms with E-state index in [2.05, 4.69) is 40.3 Å². The fraction of sp³-hybridized carbons (Fsp3) is 0.696. The van der Waals surface area contributed by atoms with Gasteiger partial charge in [-0.2, -0.15) is 13.2 Å². The summed E-state index contributed by atoms with van der Waals surface area (Å²) in [6, 6.07) is 5.64. The van der Waals surface area contributed by atoms with Crippen molar-refractivity contribution >= 4 is 46.4 Å². The molecule has 0 aliphatic rings. The number of hydrogen-bond donors (Lipinski definition) is 1. The molecule has 0 spiro atoms. The van der Waals surface area contributed by atoms with E-state index in [1.165, 1.54) is 0 Å². The van der Waals surface area contributed by atoms with Gasteiger partial charge >= 0.3 is 6.18 Å². The molecule has 0 saturated carbocycles. The Kier molecular flexibility index (Phi) is 9.97. The van der Waals surface area contributed by atoms with Gasteiger partial charge in [0.05, 0.1) is 17.6 Å². The zero-order chi connectivity index (χ0) is 26.8. The maximum absolute atomic E-state index is 13.5. The minimum absolute atomic E-state index is 0.162. The topological polar surface area (TPSA) is 71.4 Å². The van der Waals surface area contributed by atoms with Crippen molar-refractivity contribution in [3.05, 3.63) is 28.5 Å². The summed E-state index contributed by atoms with van der Waals surface area (Å²) in [4.78, 5) is 4.69. The van der Waals surface area contributed by atoms with Gasteiger partial charge in [-0.05, 0) is 58.9 Å². The summed E-state index contributed by atoms with van der Waals surface area (Å²) in [6.07, 6.45) is -4.56. The first-order valence-corrected chi connectivity index (χ1v) is 17.1. The Hall–Kier alpha value is -0.633. The molecule has 0 saturated heterocycles. The Balaban J connectivity index is 2.46. The van der Waals surface area contributed by atoms with Crippen LogP contribution in [0.4, 0.5) is 13.2 Å². The number of fused-ring (bicyclic) bond motifs is 1. The number of hydrogen-bond acceptors (Lipinski definition) is 5. The van der Waals surface area contributed by atoms with E-state index in [0.717, 1.165) is 29.9 Å². The molecule has 0 aliphatic heterocycles. The van der Waals surface area contributed by atoms with E-state index in [1.807, 2.05) is 22.8 Å². The highest BCUT2D eigenvalue weighted by Gasteiger charge is 2.49. The lowest BCUT2D eigenvalue weighted by Gasteiger charge is -2.32. The first-order chi connectivity index (χ1) is 15.8. The van der Waals surface area contributed by atoms with Gasteiger partial charge in [0.25, 0.3) is 0 Å². The van der Waals surface area contributed by atoms with Crippen molar-refractivity contribution in [1.29, 1.82) is 0 Å². The quantitative estimate of drug-likeness (QED) is 0.180. The van der Waals surface area contributed by atoms with Crippen molar-refractivity contribution in [3.8, 4) is 0 Å². The van der Waals surface area contributed by atoms with Crippen LogP contribution in [-0.2, 0) is 27.6 Å². The van der Waals surface area contributed by atoms with E-state index in [0.29, 0.717) is 17.9 Å². The van der Waals surface area contributed by atoms with Crippen LogP contribution in [0.3, 0.4) is 0 Å². The van der Waals surface area contributed by atoms with Gasteiger partial charge in [-0.25, -0.2) is 4.98 Å². The van der Waals surface area contributed by atoms with Gasteiger partial charge < -0.3 is 18.6 Å². The number of nitrogens with zero attached hydrogens (tertiary/aromatic N) is 2. The van der Waals surface area contributed by atoms with E-state index >= 15 is 0 Å². The molecule has 1 N–H and O–H groups in total. The molecular formula is C23H37BrF3N3O3SSi. The lowest BCUT2D eigenvalue weighted by molar-refractivity contribution is -0.265. The molecule has 0 bridgehead atoms. The van der Waals surface area contributed by atoms with E-state index < -0.39 is 42.0 Å². The molecule has 0 radical (unpaired) electrons. The van der Waals surface area contributed by atoms with Crippen LogP contribution >= 0.6 is 15.9 Å². The summed E-state index contributed by atoms with van der Waals surface area (Å²) in [7, 11) is -1.31. The Labute approximate surface area is 218 Å². The molecule has 2 aromatic rings. The second-order valence-corrected chi connectivity index (χ2v) is 19.8.